The minimum absolute atomic E-state index is 0.233. The van der Waals surface area contributed by atoms with Gasteiger partial charge in [0.05, 0.1) is 0 Å². The lowest BCUT2D eigenvalue weighted by Gasteiger charge is -2.23. The molecular weight excluding hydrogens is 248 g/mol. The topological polar surface area (TPSA) is 41.1 Å². The van der Waals surface area contributed by atoms with Gasteiger partial charge >= 0.3 is 0 Å². The van der Waals surface area contributed by atoms with E-state index in [-0.39, 0.29) is 5.91 Å². The van der Waals surface area contributed by atoms with Crippen molar-refractivity contribution in [1.82, 2.24) is 10.6 Å². The van der Waals surface area contributed by atoms with Gasteiger partial charge in [0.15, 0.2) is 0 Å². The predicted molar refractivity (Wildman–Crippen MR) is 82.6 cm³/mol. The lowest BCUT2D eigenvalue weighted by molar-refractivity contribution is -0.122. The number of amides is 1. The molecule has 20 heavy (non-hydrogen) atoms. The maximum atomic E-state index is 11.8. The smallest absolute Gasteiger partial charge is 0.220 e. The zero-order valence-corrected chi connectivity index (χ0v) is 12.2. The van der Waals surface area contributed by atoms with Crippen molar-refractivity contribution >= 4 is 5.91 Å². The lowest BCUT2D eigenvalue weighted by Crippen LogP contribution is -2.42. The molecule has 3 heteroatoms. The van der Waals surface area contributed by atoms with E-state index in [1.165, 1.54) is 12.0 Å². The van der Waals surface area contributed by atoms with Gasteiger partial charge in [0.25, 0.3) is 0 Å². The van der Waals surface area contributed by atoms with E-state index in [2.05, 4.69) is 41.0 Å². The molecule has 1 aromatic carbocycles. The van der Waals surface area contributed by atoms with Gasteiger partial charge in [-0.05, 0) is 50.8 Å². The second kappa shape index (κ2) is 8.75. The Hall–Kier alpha value is -1.35. The van der Waals surface area contributed by atoms with Crippen molar-refractivity contribution in [3.63, 3.8) is 0 Å². The van der Waals surface area contributed by atoms with Crippen molar-refractivity contribution in [3.8, 4) is 0 Å². The molecule has 0 aromatic heterocycles. The van der Waals surface area contributed by atoms with Crippen LogP contribution in [0, 0.1) is 0 Å². The average molecular weight is 274 g/mol. The van der Waals surface area contributed by atoms with Crippen LogP contribution in [0.25, 0.3) is 0 Å². The molecule has 2 rings (SSSR count). The molecule has 3 nitrogen and oxygen atoms in total. The maximum absolute atomic E-state index is 11.8. The molecule has 1 amide bonds. The number of hydrogen-bond donors (Lipinski definition) is 2. The van der Waals surface area contributed by atoms with Gasteiger partial charge in [-0.3, -0.25) is 4.79 Å². The quantitative estimate of drug-likeness (QED) is 0.751. The summed E-state index contributed by atoms with van der Waals surface area (Å²) in [7, 11) is 0. The summed E-state index contributed by atoms with van der Waals surface area (Å²) in [5, 5.41) is 6.46. The van der Waals surface area contributed by atoms with Crippen LogP contribution >= 0.6 is 0 Å². The van der Waals surface area contributed by atoms with Gasteiger partial charge < -0.3 is 10.6 Å². The number of nitrogens with one attached hydrogen (secondary N) is 2. The van der Waals surface area contributed by atoms with E-state index in [0.717, 1.165) is 45.2 Å². The number of carbonyl (C=O) groups excluding carboxylic acids is 1. The van der Waals surface area contributed by atoms with Gasteiger partial charge in [-0.25, -0.2) is 0 Å². The Morgan fingerprint density at radius 2 is 1.85 bits per heavy atom. The van der Waals surface area contributed by atoms with E-state index in [1.807, 2.05) is 0 Å². The number of rotatable bonds is 7. The van der Waals surface area contributed by atoms with Crippen molar-refractivity contribution in [3.05, 3.63) is 35.9 Å². The molecule has 1 fully saturated rings. The van der Waals surface area contributed by atoms with Crippen LogP contribution in [0.3, 0.4) is 0 Å². The first-order valence-electron chi connectivity index (χ1n) is 7.88. The molecule has 0 bridgehead atoms. The summed E-state index contributed by atoms with van der Waals surface area (Å²) in [5.41, 5.74) is 1.40. The van der Waals surface area contributed by atoms with E-state index in [1.54, 1.807) is 0 Å². The standard InChI is InChI=1S/C17H26N2O/c20-17(19-16-11-13-18-14-12-16)10-6-2-5-9-15-7-3-1-4-8-15/h1,3-4,7-8,16,18H,2,5-6,9-14H2,(H,19,20). The highest BCUT2D eigenvalue weighted by molar-refractivity contribution is 5.76. The fourth-order valence-electron chi connectivity index (χ4n) is 2.70. The number of hydrogen-bond acceptors (Lipinski definition) is 2. The van der Waals surface area contributed by atoms with Crippen LogP contribution in [-0.2, 0) is 11.2 Å². The molecule has 0 aliphatic carbocycles. The molecule has 0 spiro atoms. The van der Waals surface area contributed by atoms with Crippen molar-refractivity contribution in [1.29, 1.82) is 0 Å². The summed E-state index contributed by atoms with van der Waals surface area (Å²) in [6.45, 7) is 2.06. The highest BCUT2D eigenvalue weighted by Crippen LogP contribution is 2.08. The van der Waals surface area contributed by atoms with Crippen LogP contribution in [0.1, 0.15) is 44.1 Å². The maximum Gasteiger partial charge on any atom is 0.220 e. The minimum Gasteiger partial charge on any atom is -0.353 e. The normalized spacial score (nSPS) is 16.0. The van der Waals surface area contributed by atoms with Gasteiger partial charge in [0.1, 0.15) is 0 Å². The summed E-state index contributed by atoms with van der Waals surface area (Å²) in [6.07, 6.45) is 7.25. The second-order valence-corrected chi connectivity index (χ2v) is 5.64. The van der Waals surface area contributed by atoms with Crippen LogP contribution in [0.5, 0.6) is 0 Å². The summed E-state index contributed by atoms with van der Waals surface area (Å²) in [5.74, 6) is 0.233. The Labute approximate surface area is 122 Å². The first-order chi connectivity index (χ1) is 9.84. The van der Waals surface area contributed by atoms with Crippen LogP contribution in [0.15, 0.2) is 30.3 Å². The Bertz CT molecular complexity index is 385. The summed E-state index contributed by atoms with van der Waals surface area (Å²) >= 11 is 0. The van der Waals surface area contributed by atoms with Crippen LogP contribution in [0.2, 0.25) is 0 Å². The Kier molecular flexibility index (Phi) is 6.58. The predicted octanol–water partition coefficient (Wildman–Crippen LogP) is 2.66. The van der Waals surface area contributed by atoms with Crippen molar-refractivity contribution < 1.29 is 4.79 Å². The van der Waals surface area contributed by atoms with E-state index in [4.69, 9.17) is 0 Å². The molecule has 2 N–H and O–H groups in total. The molecule has 1 aromatic rings. The summed E-state index contributed by atoms with van der Waals surface area (Å²) in [4.78, 5) is 11.8. The molecule has 1 heterocycles. The monoisotopic (exact) mass is 274 g/mol. The minimum atomic E-state index is 0.233. The second-order valence-electron chi connectivity index (χ2n) is 5.64. The van der Waals surface area contributed by atoms with Crippen LogP contribution < -0.4 is 10.6 Å². The Morgan fingerprint density at radius 1 is 1.10 bits per heavy atom. The van der Waals surface area contributed by atoms with Crippen molar-refractivity contribution in [2.45, 2.75) is 51.0 Å². The number of unbranched alkanes of at least 4 members (excludes halogenated alkanes) is 2. The molecule has 110 valence electrons. The zero-order chi connectivity index (χ0) is 14.0. The summed E-state index contributed by atoms with van der Waals surface area (Å²) in [6, 6.07) is 11.0. The Balaban J connectivity index is 1.51. The fourth-order valence-corrected chi connectivity index (χ4v) is 2.70. The Morgan fingerprint density at radius 3 is 2.60 bits per heavy atom. The van der Waals surface area contributed by atoms with E-state index in [0.29, 0.717) is 12.5 Å². The van der Waals surface area contributed by atoms with Gasteiger partial charge in [-0.15, -0.1) is 0 Å². The summed E-state index contributed by atoms with van der Waals surface area (Å²) < 4.78 is 0. The SMILES string of the molecule is O=C(CCCCCc1ccccc1)NC1CCNCC1. The first-order valence-corrected chi connectivity index (χ1v) is 7.88. The largest absolute Gasteiger partial charge is 0.353 e. The third-order valence-corrected chi connectivity index (χ3v) is 3.92. The van der Waals surface area contributed by atoms with E-state index in [9.17, 15) is 4.79 Å². The highest BCUT2D eigenvalue weighted by atomic mass is 16.1. The third-order valence-electron chi connectivity index (χ3n) is 3.92. The molecule has 1 aliphatic rings. The van der Waals surface area contributed by atoms with Crippen LogP contribution in [-0.4, -0.2) is 25.0 Å². The number of carbonyl (C=O) groups is 1. The number of benzene rings is 1. The zero-order valence-electron chi connectivity index (χ0n) is 12.2. The average Bonchev–Trinajstić information content (AvgIpc) is 2.49. The molecule has 1 saturated heterocycles. The molecule has 0 unspecified atom stereocenters. The first kappa shape index (κ1) is 15.0. The number of aryl methyl sites for hydroxylation is 1. The van der Waals surface area contributed by atoms with Crippen molar-refractivity contribution in [2.24, 2.45) is 0 Å². The van der Waals surface area contributed by atoms with Gasteiger partial charge in [0.2, 0.25) is 5.91 Å². The van der Waals surface area contributed by atoms with E-state index >= 15 is 0 Å². The van der Waals surface area contributed by atoms with Gasteiger partial charge in [-0.1, -0.05) is 36.8 Å². The molecule has 0 saturated carbocycles. The van der Waals surface area contributed by atoms with Gasteiger partial charge in [0, 0.05) is 12.5 Å². The molecule has 0 radical (unpaired) electrons. The molecule has 1 aliphatic heterocycles. The molecule has 0 atom stereocenters. The lowest BCUT2D eigenvalue weighted by atomic mass is 10.0. The van der Waals surface area contributed by atoms with Gasteiger partial charge in [-0.2, -0.15) is 0 Å². The fraction of sp³-hybridized carbons (Fsp3) is 0.588. The van der Waals surface area contributed by atoms with Crippen LogP contribution in [0.4, 0.5) is 0 Å². The number of piperidine rings is 1. The highest BCUT2D eigenvalue weighted by Gasteiger charge is 2.14. The van der Waals surface area contributed by atoms with Crippen molar-refractivity contribution in [2.75, 3.05) is 13.1 Å². The third kappa shape index (κ3) is 5.74. The molecular formula is C17H26N2O. The van der Waals surface area contributed by atoms with E-state index < -0.39 is 0 Å².